The summed E-state index contributed by atoms with van der Waals surface area (Å²) in [4.78, 5) is 25.1. The van der Waals surface area contributed by atoms with Crippen LogP contribution in [-0.4, -0.2) is 24.5 Å². The second kappa shape index (κ2) is 9.93. The molecule has 0 fully saturated rings. The third-order valence-electron chi connectivity index (χ3n) is 4.31. The number of hydrogen-bond donors (Lipinski definition) is 2. The molecule has 150 valence electrons. The summed E-state index contributed by atoms with van der Waals surface area (Å²) in [6.45, 7) is 10.5. The van der Waals surface area contributed by atoms with Crippen molar-refractivity contribution in [1.29, 1.82) is 0 Å². The van der Waals surface area contributed by atoms with Gasteiger partial charge in [0.15, 0.2) is 6.10 Å². The fourth-order valence-electron chi connectivity index (χ4n) is 2.73. The molecule has 2 N–H and O–H groups in total. The quantitative estimate of drug-likeness (QED) is 0.701. The fourth-order valence-corrected chi connectivity index (χ4v) is 2.73. The van der Waals surface area contributed by atoms with E-state index in [1.807, 2.05) is 38.1 Å². The average Bonchev–Trinajstić information content (AvgIpc) is 2.66. The molecule has 0 bridgehead atoms. The number of rotatable bonds is 8. The molecule has 28 heavy (non-hydrogen) atoms. The highest BCUT2D eigenvalue weighted by atomic mass is 16.5. The van der Waals surface area contributed by atoms with Crippen LogP contribution in [0.4, 0.5) is 5.69 Å². The summed E-state index contributed by atoms with van der Waals surface area (Å²) < 4.78 is 5.91. The number of carbonyl (C=O) groups excluding carboxylic acids is 2. The van der Waals surface area contributed by atoms with Crippen LogP contribution in [0.3, 0.4) is 0 Å². The van der Waals surface area contributed by atoms with E-state index in [0.29, 0.717) is 29.5 Å². The Morgan fingerprint density at radius 3 is 2.25 bits per heavy atom. The first-order valence-electron chi connectivity index (χ1n) is 9.73. The van der Waals surface area contributed by atoms with Crippen molar-refractivity contribution < 1.29 is 14.3 Å². The van der Waals surface area contributed by atoms with Gasteiger partial charge in [0.2, 0.25) is 0 Å². The highest BCUT2D eigenvalue weighted by Gasteiger charge is 2.20. The first kappa shape index (κ1) is 21.5. The molecule has 0 aliphatic carbocycles. The van der Waals surface area contributed by atoms with Gasteiger partial charge in [-0.1, -0.05) is 58.0 Å². The number of benzene rings is 2. The van der Waals surface area contributed by atoms with E-state index in [2.05, 4.69) is 24.5 Å². The lowest BCUT2D eigenvalue weighted by Crippen LogP contribution is -2.32. The Labute approximate surface area is 167 Å². The van der Waals surface area contributed by atoms with Crippen LogP contribution in [0.5, 0.6) is 5.75 Å². The number of amides is 2. The maximum absolute atomic E-state index is 12.7. The standard InChI is InChI=1S/C23H30N2O3/c1-15(2)14-24-23(27)19-11-6-8-12-20(19)25-22(26)17(5)28-21-13-9-7-10-18(21)16(3)4/h6-13,15-17H,14H2,1-5H3,(H,24,27)(H,25,26)/t17-/m1/s1. The molecular weight excluding hydrogens is 352 g/mol. The van der Waals surface area contributed by atoms with Gasteiger partial charge in [-0.05, 0) is 42.5 Å². The lowest BCUT2D eigenvalue weighted by atomic mass is 10.0. The molecule has 0 aromatic heterocycles. The van der Waals surface area contributed by atoms with Gasteiger partial charge in [-0.2, -0.15) is 0 Å². The zero-order chi connectivity index (χ0) is 20.7. The summed E-state index contributed by atoms with van der Waals surface area (Å²) in [6, 6.07) is 14.7. The normalized spacial score (nSPS) is 12.0. The van der Waals surface area contributed by atoms with Crippen LogP contribution in [0, 0.1) is 5.92 Å². The van der Waals surface area contributed by atoms with Crippen molar-refractivity contribution in [1.82, 2.24) is 5.32 Å². The molecule has 1 atom stereocenters. The minimum absolute atomic E-state index is 0.205. The zero-order valence-electron chi connectivity index (χ0n) is 17.3. The summed E-state index contributed by atoms with van der Waals surface area (Å²) in [6.07, 6.45) is -0.702. The summed E-state index contributed by atoms with van der Waals surface area (Å²) in [7, 11) is 0. The predicted molar refractivity (Wildman–Crippen MR) is 113 cm³/mol. The average molecular weight is 383 g/mol. The van der Waals surface area contributed by atoms with Gasteiger partial charge in [-0.25, -0.2) is 0 Å². The fraction of sp³-hybridized carbons (Fsp3) is 0.391. The van der Waals surface area contributed by atoms with E-state index < -0.39 is 6.10 Å². The van der Waals surface area contributed by atoms with Gasteiger partial charge in [0.1, 0.15) is 5.75 Å². The minimum atomic E-state index is -0.702. The van der Waals surface area contributed by atoms with Crippen molar-refractivity contribution in [2.75, 3.05) is 11.9 Å². The van der Waals surface area contributed by atoms with Gasteiger partial charge < -0.3 is 15.4 Å². The Kier molecular flexibility index (Phi) is 7.61. The topological polar surface area (TPSA) is 67.4 Å². The van der Waals surface area contributed by atoms with Gasteiger partial charge in [0.05, 0.1) is 11.3 Å². The number of hydrogen-bond acceptors (Lipinski definition) is 3. The van der Waals surface area contributed by atoms with Crippen molar-refractivity contribution >= 4 is 17.5 Å². The zero-order valence-corrected chi connectivity index (χ0v) is 17.3. The third-order valence-corrected chi connectivity index (χ3v) is 4.31. The molecule has 5 nitrogen and oxygen atoms in total. The Bertz CT molecular complexity index is 815. The summed E-state index contributed by atoms with van der Waals surface area (Å²) in [5.74, 6) is 0.825. The lowest BCUT2D eigenvalue weighted by molar-refractivity contribution is -0.122. The van der Waals surface area contributed by atoms with Crippen molar-refractivity contribution in [2.45, 2.75) is 46.6 Å². The van der Waals surface area contributed by atoms with E-state index in [0.717, 1.165) is 5.56 Å². The Morgan fingerprint density at radius 2 is 1.57 bits per heavy atom. The van der Waals surface area contributed by atoms with E-state index in [1.54, 1.807) is 31.2 Å². The van der Waals surface area contributed by atoms with Gasteiger partial charge in [0.25, 0.3) is 11.8 Å². The largest absolute Gasteiger partial charge is 0.481 e. The lowest BCUT2D eigenvalue weighted by Gasteiger charge is -2.19. The van der Waals surface area contributed by atoms with Gasteiger partial charge in [0, 0.05) is 6.54 Å². The molecule has 2 amide bonds. The third kappa shape index (κ3) is 5.84. The van der Waals surface area contributed by atoms with Gasteiger partial charge in [-0.3, -0.25) is 9.59 Å². The number of carbonyl (C=O) groups is 2. The molecule has 2 aromatic rings. The van der Waals surface area contributed by atoms with Crippen LogP contribution in [0.25, 0.3) is 0 Å². The summed E-state index contributed by atoms with van der Waals surface area (Å²) in [5, 5.41) is 5.70. The van der Waals surface area contributed by atoms with Gasteiger partial charge in [-0.15, -0.1) is 0 Å². The highest BCUT2D eigenvalue weighted by molar-refractivity contribution is 6.04. The molecule has 0 aliphatic heterocycles. The highest BCUT2D eigenvalue weighted by Crippen LogP contribution is 2.27. The molecular formula is C23H30N2O3. The second-order valence-electron chi connectivity index (χ2n) is 7.59. The monoisotopic (exact) mass is 382 g/mol. The maximum atomic E-state index is 12.7. The van der Waals surface area contributed by atoms with Crippen LogP contribution in [0.2, 0.25) is 0 Å². The molecule has 5 heteroatoms. The van der Waals surface area contributed by atoms with E-state index in [4.69, 9.17) is 4.74 Å². The first-order valence-corrected chi connectivity index (χ1v) is 9.73. The number of nitrogens with one attached hydrogen (secondary N) is 2. The van der Waals surface area contributed by atoms with E-state index in [1.165, 1.54) is 0 Å². The van der Waals surface area contributed by atoms with Crippen LogP contribution in [-0.2, 0) is 4.79 Å². The van der Waals surface area contributed by atoms with Crippen LogP contribution < -0.4 is 15.4 Å². The van der Waals surface area contributed by atoms with E-state index in [9.17, 15) is 9.59 Å². The summed E-state index contributed by atoms with van der Waals surface area (Å²) in [5.41, 5.74) is 1.96. The van der Waals surface area contributed by atoms with Crippen LogP contribution in [0.15, 0.2) is 48.5 Å². The predicted octanol–water partition coefficient (Wildman–Crippen LogP) is 4.60. The van der Waals surface area contributed by atoms with Crippen LogP contribution in [0.1, 0.15) is 56.5 Å². The SMILES string of the molecule is CC(C)CNC(=O)c1ccccc1NC(=O)[C@@H](C)Oc1ccccc1C(C)C. The second-order valence-corrected chi connectivity index (χ2v) is 7.59. The maximum Gasteiger partial charge on any atom is 0.265 e. The van der Waals surface area contributed by atoms with Crippen molar-refractivity contribution in [3.8, 4) is 5.75 Å². The van der Waals surface area contributed by atoms with E-state index >= 15 is 0 Å². The van der Waals surface area contributed by atoms with E-state index in [-0.39, 0.29) is 17.7 Å². The molecule has 0 saturated carbocycles. The summed E-state index contributed by atoms with van der Waals surface area (Å²) >= 11 is 0. The van der Waals surface area contributed by atoms with Crippen molar-refractivity contribution in [3.63, 3.8) is 0 Å². The molecule has 0 radical (unpaired) electrons. The molecule has 0 aliphatic rings. The van der Waals surface area contributed by atoms with Crippen molar-refractivity contribution in [3.05, 3.63) is 59.7 Å². The van der Waals surface area contributed by atoms with Gasteiger partial charge >= 0.3 is 0 Å². The Balaban J connectivity index is 2.10. The van der Waals surface area contributed by atoms with Crippen LogP contribution >= 0.6 is 0 Å². The Morgan fingerprint density at radius 1 is 0.929 bits per heavy atom. The number of para-hydroxylation sites is 2. The Hall–Kier alpha value is -2.82. The minimum Gasteiger partial charge on any atom is -0.481 e. The number of anilines is 1. The molecule has 0 unspecified atom stereocenters. The smallest absolute Gasteiger partial charge is 0.265 e. The number of ether oxygens (including phenoxy) is 1. The molecule has 2 aromatic carbocycles. The first-order chi connectivity index (χ1) is 13.3. The molecule has 0 spiro atoms. The molecule has 0 saturated heterocycles. The van der Waals surface area contributed by atoms with Crippen molar-refractivity contribution in [2.24, 2.45) is 5.92 Å². The molecule has 0 heterocycles. The molecule has 2 rings (SSSR count).